The van der Waals surface area contributed by atoms with Crippen LogP contribution in [0.1, 0.15) is 104 Å². The van der Waals surface area contributed by atoms with E-state index >= 15 is 0 Å². The number of hydrogen-bond donors (Lipinski definition) is 7. The van der Waals surface area contributed by atoms with Crippen LogP contribution in [0.4, 0.5) is 11.4 Å². The molecule has 4 heterocycles. The molecule has 10 rings (SSSR count). The molecule has 17 nitrogen and oxygen atoms in total. The summed E-state index contributed by atoms with van der Waals surface area (Å²) in [5, 5.41) is 23.1. The Morgan fingerprint density at radius 3 is 1.23 bits per heavy atom. The largest absolute Gasteiger partial charge is 0.346 e. The highest BCUT2D eigenvalue weighted by molar-refractivity contribution is 7.80. The molecule has 7 atom stereocenters. The van der Waals surface area contributed by atoms with Crippen molar-refractivity contribution in [1.29, 1.82) is 0 Å². The smallest absolute Gasteiger partial charge is 0.247 e. The number of amides is 6. The van der Waals surface area contributed by atoms with Crippen LogP contribution in [-0.4, -0.2) is 141 Å². The second-order valence-corrected chi connectivity index (χ2v) is 23.7. The quantitative estimate of drug-likeness (QED) is 0.0441. The van der Waals surface area contributed by atoms with Crippen molar-refractivity contribution in [3.05, 3.63) is 203 Å². The molecule has 6 aromatic rings. The summed E-state index contributed by atoms with van der Waals surface area (Å²) < 4.78 is 0. The molecule has 0 bridgehead atoms. The van der Waals surface area contributed by atoms with Crippen LogP contribution in [0.2, 0.25) is 0 Å². The Balaban J connectivity index is 0.747. The van der Waals surface area contributed by atoms with Crippen LogP contribution in [-0.2, 0) is 35.2 Å². The third-order valence-corrected chi connectivity index (χ3v) is 18.0. The van der Waals surface area contributed by atoms with Crippen molar-refractivity contribution >= 4 is 81.5 Å². The number of rotatable bonds is 17. The van der Waals surface area contributed by atoms with Gasteiger partial charge in [-0.25, -0.2) is 0 Å². The number of nitrogens with one attached hydrogen (secondary N) is 7. The molecular formula is C68H77N11O6S2. The van der Waals surface area contributed by atoms with Crippen molar-refractivity contribution in [2.24, 2.45) is 0 Å². The minimum absolute atomic E-state index is 0.109. The van der Waals surface area contributed by atoms with Gasteiger partial charge in [-0.2, -0.15) is 0 Å². The summed E-state index contributed by atoms with van der Waals surface area (Å²) in [5.74, 6) is -1.68. The van der Waals surface area contributed by atoms with Crippen LogP contribution < -0.4 is 37.2 Å². The molecule has 4 aliphatic rings. The first kappa shape index (κ1) is 61.6. The van der Waals surface area contributed by atoms with Crippen LogP contribution in [0.25, 0.3) is 0 Å². The minimum Gasteiger partial charge on any atom is -0.346 e. The Hall–Kier alpha value is -8.52. The lowest BCUT2D eigenvalue weighted by molar-refractivity contribution is -0.144. The summed E-state index contributed by atoms with van der Waals surface area (Å²) in [5.41, 5.74) is 7.42. The molecule has 452 valence electrons. The summed E-state index contributed by atoms with van der Waals surface area (Å²) >= 11 is 12.0. The number of nitrogens with zero attached hydrogens (tertiary/aromatic N) is 4. The van der Waals surface area contributed by atoms with E-state index in [1.54, 1.807) is 30.7 Å². The van der Waals surface area contributed by atoms with Crippen molar-refractivity contribution in [2.45, 2.75) is 120 Å². The zero-order valence-electron chi connectivity index (χ0n) is 49.4. The van der Waals surface area contributed by atoms with Crippen LogP contribution in [0, 0.1) is 0 Å². The van der Waals surface area contributed by atoms with Gasteiger partial charge in [-0.3, -0.25) is 28.8 Å². The predicted octanol–water partition coefficient (Wildman–Crippen LogP) is 7.60. The normalized spacial score (nSPS) is 20.7. The Morgan fingerprint density at radius 1 is 0.506 bits per heavy atom. The standard InChI is InChI=1S/C68H77N11O6S2/c1-4-59(80)72-55-42-76(39-37-53-33-35-57(78(53)65(55)84)63(82)74-60(47-17-9-5-10-18-47)48-19-11-6-12-20-48)67(86)70-51-29-25-45(26-30-51)41-46-27-31-52(32-28-46)71-68(87)77-40-38-54-34-36-58(79(54)66(85)56(43-77)73-62(81)44(2)69-3)64(83)75-61(49-21-13-7-14-22-49)50-23-15-8-16-24-50/h5-32,44,53-58,60-61,69H,4,33-43H2,1-3H3,(H,70,86)(H,71,87)(H,72,80)(H,73,81)(H,74,82)(H,75,83)/t44-,53+,54+,55-,56-,57?,58-/m0/s1. The van der Waals surface area contributed by atoms with Crippen LogP contribution >= 0.6 is 24.4 Å². The summed E-state index contributed by atoms with van der Waals surface area (Å²) in [6, 6.07) is 50.1. The SMILES string of the molecule is CCC(=O)N[C@H]1CN(C(=S)Nc2ccc(Cc3ccc(NC(=S)N4CC[C@H]5CC[C@@H](C(=O)NC(c6ccccc6)c6ccccc6)N5C(=O)[C@@H](NC(=O)[C@H](C)NC)C4)cc3)cc2)CC[C@H]2CCC(C(=O)NC(c3ccccc3)c3ccccc3)N2C1=O. The maximum Gasteiger partial charge on any atom is 0.247 e. The second-order valence-electron chi connectivity index (χ2n) is 23.0. The number of benzene rings is 6. The summed E-state index contributed by atoms with van der Waals surface area (Å²) in [4.78, 5) is 91.9. The summed E-state index contributed by atoms with van der Waals surface area (Å²) in [6.07, 6.45) is 4.27. The summed E-state index contributed by atoms with van der Waals surface area (Å²) in [6.45, 7) is 4.73. The number of thiocarbonyl (C=S) groups is 2. The first-order chi connectivity index (χ1) is 42.2. The molecule has 4 aliphatic heterocycles. The monoisotopic (exact) mass is 1210 g/mol. The molecular weight excluding hydrogens is 1130 g/mol. The fraction of sp³-hybridized carbons (Fsp3) is 0.353. The highest BCUT2D eigenvalue weighted by atomic mass is 32.1. The fourth-order valence-electron chi connectivity index (χ4n) is 12.4. The molecule has 19 heteroatoms. The van der Waals surface area contributed by atoms with Gasteiger partial charge in [-0.15, -0.1) is 0 Å². The van der Waals surface area contributed by atoms with E-state index in [1.807, 2.05) is 180 Å². The lowest BCUT2D eigenvalue weighted by Crippen LogP contribution is -2.62. The van der Waals surface area contributed by atoms with E-state index in [-0.39, 0.29) is 67.0 Å². The van der Waals surface area contributed by atoms with E-state index in [1.165, 1.54) is 0 Å². The zero-order valence-corrected chi connectivity index (χ0v) is 51.0. The van der Waals surface area contributed by atoms with Crippen LogP contribution in [0.5, 0.6) is 0 Å². The molecule has 0 aromatic heterocycles. The molecule has 6 aromatic carbocycles. The maximum absolute atomic E-state index is 14.8. The molecule has 1 unspecified atom stereocenters. The van der Waals surface area contributed by atoms with Crippen molar-refractivity contribution in [3.8, 4) is 0 Å². The van der Waals surface area contributed by atoms with E-state index in [2.05, 4.69) is 37.2 Å². The van der Waals surface area contributed by atoms with Gasteiger partial charge in [0.1, 0.15) is 24.2 Å². The van der Waals surface area contributed by atoms with Crippen molar-refractivity contribution in [2.75, 3.05) is 43.9 Å². The third kappa shape index (κ3) is 15.0. The van der Waals surface area contributed by atoms with E-state index in [9.17, 15) is 28.8 Å². The van der Waals surface area contributed by atoms with E-state index < -0.39 is 42.3 Å². The topological polar surface area (TPSA) is 200 Å². The number of carbonyl (C=O) groups is 6. The molecule has 6 amide bonds. The minimum atomic E-state index is -0.978. The molecule has 4 fully saturated rings. The first-order valence-corrected chi connectivity index (χ1v) is 31.1. The van der Waals surface area contributed by atoms with Gasteiger partial charge in [0.05, 0.1) is 18.1 Å². The van der Waals surface area contributed by atoms with Gasteiger partial charge in [-0.05, 0) is 141 Å². The molecule has 0 spiro atoms. The van der Waals surface area contributed by atoms with Gasteiger partial charge in [0.2, 0.25) is 35.4 Å². The average molecular weight is 1210 g/mol. The lowest BCUT2D eigenvalue weighted by Gasteiger charge is -2.40. The molecule has 0 radical (unpaired) electrons. The van der Waals surface area contributed by atoms with Gasteiger partial charge in [0, 0.05) is 56.1 Å². The summed E-state index contributed by atoms with van der Waals surface area (Å²) in [7, 11) is 1.69. The van der Waals surface area contributed by atoms with Crippen molar-refractivity contribution in [3.63, 3.8) is 0 Å². The lowest BCUT2D eigenvalue weighted by atomic mass is 9.98. The number of likely N-dealkylation sites (N-methyl/N-ethyl adjacent to an activating group) is 1. The Labute approximate surface area is 520 Å². The van der Waals surface area contributed by atoms with Gasteiger partial charge in [-0.1, -0.05) is 153 Å². The highest BCUT2D eigenvalue weighted by Crippen LogP contribution is 2.34. The molecule has 0 saturated carbocycles. The number of anilines is 2. The van der Waals surface area contributed by atoms with Gasteiger partial charge >= 0.3 is 0 Å². The van der Waals surface area contributed by atoms with Crippen molar-refractivity contribution in [1.82, 2.24) is 46.2 Å². The highest BCUT2D eigenvalue weighted by Gasteiger charge is 2.47. The predicted molar refractivity (Wildman–Crippen MR) is 346 cm³/mol. The van der Waals surface area contributed by atoms with Gasteiger partial charge < -0.3 is 56.8 Å². The third-order valence-electron chi connectivity index (χ3n) is 17.3. The van der Waals surface area contributed by atoms with E-state index in [0.717, 1.165) is 44.8 Å². The molecule has 7 N–H and O–H groups in total. The second kappa shape index (κ2) is 28.8. The molecule has 0 aliphatic carbocycles. The van der Waals surface area contributed by atoms with E-state index in [4.69, 9.17) is 24.4 Å². The van der Waals surface area contributed by atoms with Gasteiger partial charge in [0.15, 0.2) is 10.2 Å². The number of carbonyl (C=O) groups excluding carboxylic acids is 6. The Morgan fingerprint density at radius 2 is 0.874 bits per heavy atom. The Bertz CT molecular complexity index is 3310. The fourth-order valence-corrected chi connectivity index (χ4v) is 13.0. The Kier molecular flexibility index (Phi) is 20.4. The van der Waals surface area contributed by atoms with Crippen LogP contribution in [0.15, 0.2) is 170 Å². The molecule has 4 saturated heterocycles. The van der Waals surface area contributed by atoms with E-state index in [0.29, 0.717) is 68.3 Å². The van der Waals surface area contributed by atoms with Crippen LogP contribution in [0.3, 0.4) is 0 Å². The molecule has 87 heavy (non-hydrogen) atoms. The maximum atomic E-state index is 14.8. The zero-order chi connectivity index (χ0) is 61.0. The number of fused-ring (bicyclic) bond motifs is 2. The first-order valence-electron chi connectivity index (χ1n) is 30.3. The van der Waals surface area contributed by atoms with Gasteiger partial charge in [0.25, 0.3) is 0 Å². The van der Waals surface area contributed by atoms with Crippen molar-refractivity contribution < 1.29 is 28.8 Å². The number of hydrogen-bond acceptors (Lipinski definition) is 9. The average Bonchev–Trinajstić information content (AvgIpc) is 2.62.